The quantitative estimate of drug-likeness (QED) is 0.0222. The summed E-state index contributed by atoms with van der Waals surface area (Å²) < 4.78 is 68.7. The fraction of sp³-hybridized carbons (Fsp3) is 0.952. The van der Waals surface area contributed by atoms with Crippen LogP contribution in [-0.2, 0) is 65.4 Å². The average Bonchev–Trinajstić information content (AvgIpc) is 0.916. The number of esters is 4. The lowest BCUT2D eigenvalue weighted by atomic mass is 9.99. The topological polar surface area (TPSA) is 237 Å². The van der Waals surface area contributed by atoms with Gasteiger partial charge >= 0.3 is 39.5 Å². The highest BCUT2D eigenvalue weighted by atomic mass is 31.2. The Hall–Kier alpha value is -1.94. The van der Waals surface area contributed by atoms with Crippen LogP contribution in [-0.4, -0.2) is 96.7 Å². The van der Waals surface area contributed by atoms with Gasteiger partial charge in [-0.15, -0.1) is 0 Å². The summed E-state index contributed by atoms with van der Waals surface area (Å²) in [5, 5.41) is 10.6. The average molecular weight is 1490 g/mol. The number of phosphoric ester groups is 2. The number of aliphatic hydroxyl groups is 1. The summed E-state index contributed by atoms with van der Waals surface area (Å²) in [6, 6.07) is 0. The van der Waals surface area contributed by atoms with Gasteiger partial charge in [0.2, 0.25) is 0 Å². The van der Waals surface area contributed by atoms with Crippen LogP contribution in [0.25, 0.3) is 0 Å². The second-order valence-electron chi connectivity index (χ2n) is 31.5. The molecule has 0 aromatic rings. The van der Waals surface area contributed by atoms with Gasteiger partial charge < -0.3 is 33.8 Å². The first kappa shape index (κ1) is 100. The minimum atomic E-state index is -4.96. The summed E-state index contributed by atoms with van der Waals surface area (Å²) in [6.45, 7) is 14.3. The van der Waals surface area contributed by atoms with Crippen molar-refractivity contribution in [3.8, 4) is 0 Å². The van der Waals surface area contributed by atoms with E-state index in [-0.39, 0.29) is 25.7 Å². The fourth-order valence-corrected chi connectivity index (χ4v) is 14.3. The van der Waals surface area contributed by atoms with Crippen molar-refractivity contribution < 1.29 is 80.2 Å². The summed E-state index contributed by atoms with van der Waals surface area (Å²) in [5.74, 6) is 1.01. The summed E-state index contributed by atoms with van der Waals surface area (Å²) in [7, 11) is -9.92. The van der Waals surface area contributed by atoms with Crippen molar-refractivity contribution in [2.24, 2.45) is 23.7 Å². The number of ether oxygens (including phenoxy) is 4. The maximum Gasteiger partial charge on any atom is 0.472 e. The zero-order chi connectivity index (χ0) is 75.3. The van der Waals surface area contributed by atoms with Gasteiger partial charge in [-0.1, -0.05) is 376 Å². The standard InChI is InChI=1S/C83H162O17P2/c1-9-76(8)62-54-46-38-28-24-20-16-12-10-11-13-17-22-26-30-41-49-57-65-82(87)99-78(69-93-80(85)63-55-47-39-29-25-21-18-14-15-19-23-27-35-43-51-59-73(2)3)71-97-101(89,90)95-67-77(84)68-96-102(91,92)98-72-79(100-83(88)66-58-50-42-34-32-37-45-53-61-75(6)7)70-94-81(86)64-56-48-40-33-31-36-44-52-60-74(4)5/h73-79,84H,9-72H2,1-8H3,(H,89,90)(H,91,92)/t76?,77?,78-,79-/m1/s1. The molecule has 0 bridgehead atoms. The number of hydrogen-bond donors (Lipinski definition) is 3. The number of aliphatic hydroxyl groups excluding tert-OH is 1. The van der Waals surface area contributed by atoms with Gasteiger partial charge in [0.05, 0.1) is 26.4 Å². The van der Waals surface area contributed by atoms with Crippen LogP contribution in [0.2, 0.25) is 0 Å². The van der Waals surface area contributed by atoms with Crippen LogP contribution in [0.1, 0.15) is 428 Å². The van der Waals surface area contributed by atoms with E-state index in [4.69, 9.17) is 37.0 Å². The summed E-state index contributed by atoms with van der Waals surface area (Å²) in [6.07, 6.45) is 59.8. The lowest BCUT2D eigenvalue weighted by molar-refractivity contribution is -0.161. The lowest BCUT2D eigenvalue weighted by Gasteiger charge is -2.21. The molecule has 17 nitrogen and oxygen atoms in total. The van der Waals surface area contributed by atoms with Crippen molar-refractivity contribution in [1.82, 2.24) is 0 Å². The molecule has 0 rings (SSSR count). The molecule has 4 unspecified atom stereocenters. The molecule has 0 amide bonds. The molecule has 0 aliphatic carbocycles. The van der Waals surface area contributed by atoms with E-state index in [0.29, 0.717) is 25.7 Å². The van der Waals surface area contributed by atoms with E-state index in [2.05, 4.69) is 55.4 Å². The molecule has 19 heteroatoms. The van der Waals surface area contributed by atoms with Gasteiger partial charge in [-0.3, -0.25) is 37.3 Å². The van der Waals surface area contributed by atoms with E-state index < -0.39 is 97.5 Å². The molecule has 0 saturated heterocycles. The van der Waals surface area contributed by atoms with Gasteiger partial charge in [0.15, 0.2) is 12.2 Å². The Balaban J connectivity index is 5.21. The van der Waals surface area contributed by atoms with Gasteiger partial charge in [-0.25, -0.2) is 9.13 Å². The van der Waals surface area contributed by atoms with Gasteiger partial charge in [0, 0.05) is 25.7 Å². The third-order valence-electron chi connectivity index (χ3n) is 19.7. The number of phosphoric acid groups is 2. The maximum absolute atomic E-state index is 13.1. The summed E-state index contributed by atoms with van der Waals surface area (Å²) >= 11 is 0. The molecule has 606 valence electrons. The zero-order valence-corrected chi connectivity index (χ0v) is 69.0. The Morgan fingerprint density at radius 2 is 0.471 bits per heavy atom. The number of rotatable bonds is 80. The highest BCUT2D eigenvalue weighted by molar-refractivity contribution is 7.47. The van der Waals surface area contributed by atoms with Crippen molar-refractivity contribution in [2.45, 2.75) is 446 Å². The first-order valence-corrected chi connectivity index (χ1v) is 45.7. The van der Waals surface area contributed by atoms with Gasteiger partial charge in [-0.05, 0) is 49.4 Å². The van der Waals surface area contributed by atoms with Crippen LogP contribution >= 0.6 is 15.6 Å². The van der Waals surface area contributed by atoms with Gasteiger partial charge in [0.1, 0.15) is 19.3 Å². The fourth-order valence-electron chi connectivity index (χ4n) is 12.8. The first-order chi connectivity index (χ1) is 49.1. The van der Waals surface area contributed by atoms with Crippen LogP contribution in [0, 0.1) is 23.7 Å². The van der Waals surface area contributed by atoms with E-state index in [1.165, 1.54) is 231 Å². The predicted octanol–water partition coefficient (Wildman–Crippen LogP) is 24.8. The van der Waals surface area contributed by atoms with E-state index >= 15 is 0 Å². The smallest absolute Gasteiger partial charge is 0.462 e. The van der Waals surface area contributed by atoms with E-state index in [9.17, 15) is 43.2 Å². The van der Waals surface area contributed by atoms with Crippen LogP contribution < -0.4 is 0 Å². The Bertz CT molecular complexity index is 1990. The molecule has 0 saturated carbocycles. The van der Waals surface area contributed by atoms with Crippen LogP contribution in [0.4, 0.5) is 0 Å². The van der Waals surface area contributed by atoms with Crippen LogP contribution in [0.5, 0.6) is 0 Å². The minimum Gasteiger partial charge on any atom is -0.462 e. The van der Waals surface area contributed by atoms with Crippen molar-refractivity contribution in [3.63, 3.8) is 0 Å². The largest absolute Gasteiger partial charge is 0.472 e. The number of carbonyl (C=O) groups excluding carboxylic acids is 4. The van der Waals surface area contributed by atoms with Crippen molar-refractivity contribution in [3.05, 3.63) is 0 Å². The maximum atomic E-state index is 13.1. The Morgan fingerprint density at radius 3 is 0.696 bits per heavy atom. The van der Waals surface area contributed by atoms with E-state index in [0.717, 1.165) is 114 Å². The molecule has 0 radical (unpaired) electrons. The molecular formula is C83H162O17P2. The molecule has 3 N–H and O–H groups in total. The molecule has 6 atom stereocenters. The second kappa shape index (κ2) is 72.0. The third kappa shape index (κ3) is 74.9. The summed E-state index contributed by atoms with van der Waals surface area (Å²) in [4.78, 5) is 73.0. The molecule has 0 aromatic heterocycles. The molecule has 0 aliphatic rings. The molecule has 0 heterocycles. The lowest BCUT2D eigenvalue weighted by Crippen LogP contribution is -2.30. The van der Waals surface area contributed by atoms with Gasteiger partial charge in [-0.2, -0.15) is 0 Å². The monoisotopic (exact) mass is 1490 g/mol. The van der Waals surface area contributed by atoms with E-state index in [1.807, 2.05) is 0 Å². The van der Waals surface area contributed by atoms with E-state index in [1.54, 1.807) is 0 Å². The number of hydrogen-bond acceptors (Lipinski definition) is 15. The summed E-state index contributed by atoms with van der Waals surface area (Å²) in [5.41, 5.74) is 0. The highest BCUT2D eigenvalue weighted by Gasteiger charge is 2.30. The molecule has 0 aromatic carbocycles. The molecule has 0 aliphatic heterocycles. The highest BCUT2D eigenvalue weighted by Crippen LogP contribution is 2.45. The second-order valence-corrected chi connectivity index (χ2v) is 34.4. The SMILES string of the molecule is CCC(C)CCCCCCCCCCCCCCCCCCCCC(=O)O[C@H](COC(=O)CCCCCCCCCCCCCCCCCC(C)C)COP(=O)(O)OCC(O)COP(=O)(O)OC[C@@H](COC(=O)CCCCCCCCCCC(C)C)OC(=O)CCCCCCCCCCC(C)C. The molecule has 0 fully saturated rings. The Morgan fingerprint density at radius 1 is 0.275 bits per heavy atom. The van der Waals surface area contributed by atoms with Crippen molar-refractivity contribution in [2.75, 3.05) is 39.6 Å². The van der Waals surface area contributed by atoms with Crippen molar-refractivity contribution in [1.29, 1.82) is 0 Å². The van der Waals surface area contributed by atoms with Crippen LogP contribution in [0.3, 0.4) is 0 Å². The normalized spacial score (nSPS) is 14.3. The Labute approximate surface area is 626 Å². The third-order valence-corrected chi connectivity index (χ3v) is 21.6. The predicted molar refractivity (Wildman–Crippen MR) is 418 cm³/mol. The van der Waals surface area contributed by atoms with Crippen LogP contribution in [0.15, 0.2) is 0 Å². The first-order valence-electron chi connectivity index (χ1n) is 42.7. The number of unbranched alkanes of at least 4 members (excludes halogenated alkanes) is 45. The molecule has 102 heavy (non-hydrogen) atoms. The zero-order valence-electron chi connectivity index (χ0n) is 67.2. The van der Waals surface area contributed by atoms with Gasteiger partial charge in [0.25, 0.3) is 0 Å². The Kier molecular flexibility index (Phi) is 70.6. The minimum absolute atomic E-state index is 0.104. The molecule has 0 spiro atoms. The van der Waals surface area contributed by atoms with Crippen molar-refractivity contribution >= 4 is 39.5 Å². The molecular weight excluding hydrogens is 1330 g/mol. The number of carbonyl (C=O) groups is 4.